The lowest BCUT2D eigenvalue weighted by Crippen LogP contribution is -2.29. The van der Waals surface area contributed by atoms with Gasteiger partial charge in [0.05, 0.1) is 42.4 Å². The zero-order chi connectivity index (χ0) is 29.8. The van der Waals surface area contributed by atoms with Crippen molar-refractivity contribution in [1.29, 1.82) is 0 Å². The number of unbranched alkanes of at least 4 members (excludes halogenated alkanes) is 2. The average molecular weight is 570 g/mol. The van der Waals surface area contributed by atoms with E-state index in [1.54, 1.807) is 43.3 Å². The van der Waals surface area contributed by atoms with Gasteiger partial charge in [-0.25, -0.2) is 4.79 Å². The first-order valence-electron chi connectivity index (χ1n) is 14.5. The molecule has 2 heterocycles. The van der Waals surface area contributed by atoms with Gasteiger partial charge >= 0.3 is 5.97 Å². The molecule has 1 atom stereocenters. The number of ether oxygens (including phenoxy) is 3. The van der Waals surface area contributed by atoms with E-state index in [0.29, 0.717) is 52.5 Å². The van der Waals surface area contributed by atoms with E-state index in [0.717, 1.165) is 24.8 Å². The Morgan fingerprint density at radius 1 is 0.881 bits per heavy atom. The molecule has 1 aliphatic heterocycles. The van der Waals surface area contributed by atoms with Crippen molar-refractivity contribution < 1.29 is 28.2 Å². The van der Waals surface area contributed by atoms with E-state index in [9.17, 15) is 14.4 Å². The van der Waals surface area contributed by atoms with E-state index in [-0.39, 0.29) is 23.4 Å². The van der Waals surface area contributed by atoms with Crippen molar-refractivity contribution in [3.05, 3.63) is 98.9 Å². The third kappa shape index (κ3) is 5.49. The fourth-order valence-corrected chi connectivity index (χ4v) is 5.26. The summed E-state index contributed by atoms with van der Waals surface area (Å²) in [6.45, 7) is 8.90. The fourth-order valence-electron chi connectivity index (χ4n) is 5.26. The number of carbonyl (C=O) groups excluding carboxylic acids is 2. The molecular formula is C34H35NO7. The van der Waals surface area contributed by atoms with Crippen molar-refractivity contribution >= 4 is 28.5 Å². The van der Waals surface area contributed by atoms with Gasteiger partial charge in [-0.05, 0) is 81.3 Å². The summed E-state index contributed by atoms with van der Waals surface area (Å²) in [4.78, 5) is 41.8. The molecule has 218 valence electrons. The number of anilines is 1. The number of nitrogens with zero attached hydrogens (tertiary/aromatic N) is 1. The standard InChI is InChI=1S/C34H35NO7/c1-5-8-9-18-41-27-17-13-23(20-28(27)39-6-2)30-29-31(36)25-19-21(4)10-16-26(25)42-32(29)33(37)35(30)24-14-11-22(12-15-24)34(38)40-7-3/h10-17,19-20,30H,5-9,18H2,1-4H3. The van der Waals surface area contributed by atoms with Crippen LogP contribution in [-0.2, 0) is 4.74 Å². The fraction of sp³-hybridized carbons (Fsp3) is 0.324. The van der Waals surface area contributed by atoms with E-state index >= 15 is 0 Å². The number of fused-ring (bicyclic) bond motifs is 2. The summed E-state index contributed by atoms with van der Waals surface area (Å²) in [6.07, 6.45) is 3.08. The summed E-state index contributed by atoms with van der Waals surface area (Å²) in [6, 6.07) is 16.6. The summed E-state index contributed by atoms with van der Waals surface area (Å²) in [7, 11) is 0. The van der Waals surface area contributed by atoms with Gasteiger partial charge in [0.25, 0.3) is 5.91 Å². The number of carbonyl (C=O) groups is 2. The Balaban J connectivity index is 1.65. The minimum absolute atomic E-state index is 0.00586. The van der Waals surface area contributed by atoms with Crippen LogP contribution in [0.4, 0.5) is 5.69 Å². The maximum atomic E-state index is 14.0. The molecule has 1 aromatic heterocycles. The van der Waals surface area contributed by atoms with Crippen molar-refractivity contribution in [2.24, 2.45) is 0 Å². The summed E-state index contributed by atoms with van der Waals surface area (Å²) in [5.41, 5.74) is 2.78. The Kier molecular flexibility index (Phi) is 8.61. The monoisotopic (exact) mass is 569 g/mol. The van der Waals surface area contributed by atoms with Gasteiger partial charge in [0.2, 0.25) is 5.76 Å². The molecule has 8 nitrogen and oxygen atoms in total. The third-order valence-corrected chi connectivity index (χ3v) is 7.27. The molecule has 0 saturated heterocycles. The number of benzene rings is 3. The van der Waals surface area contributed by atoms with Gasteiger partial charge in [-0.2, -0.15) is 0 Å². The van der Waals surface area contributed by atoms with Gasteiger partial charge < -0.3 is 18.6 Å². The summed E-state index contributed by atoms with van der Waals surface area (Å²) >= 11 is 0. The van der Waals surface area contributed by atoms with Crippen molar-refractivity contribution in [2.75, 3.05) is 24.7 Å². The zero-order valence-corrected chi connectivity index (χ0v) is 24.4. The van der Waals surface area contributed by atoms with Crippen LogP contribution in [0.25, 0.3) is 11.0 Å². The third-order valence-electron chi connectivity index (χ3n) is 7.27. The zero-order valence-electron chi connectivity index (χ0n) is 24.4. The molecule has 1 unspecified atom stereocenters. The van der Waals surface area contributed by atoms with Gasteiger partial charge in [-0.3, -0.25) is 14.5 Å². The number of rotatable bonds is 11. The van der Waals surface area contributed by atoms with Gasteiger partial charge in [0, 0.05) is 5.69 Å². The molecular weight excluding hydrogens is 534 g/mol. The summed E-state index contributed by atoms with van der Waals surface area (Å²) in [5, 5.41) is 0.409. The Hall–Kier alpha value is -4.59. The van der Waals surface area contributed by atoms with Gasteiger partial charge in [0.15, 0.2) is 16.9 Å². The predicted octanol–water partition coefficient (Wildman–Crippen LogP) is 7.00. The number of amides is 1. The molecule has 0 radical (unpaired) electrons. The molecule has 0 aliphatic carbocycles. The first-order chi connectivity index (χ1) is 20.4. The lowest BCUT2D eigenvalue weighted by Gasteiger charge is -2.26. The second-order valence-electron chi connectivity index (χ2n) is 10.2. The minimum atomic E-state index is -0.796. The van der Waals surface area contributed by atoms with E-state index < -0.39 is 17.9 Å². The molecule has 1 amide bonds. The van der Waals surface area contributed by atoms with Gasteiger partial charge in [-0.15, -0.1) is 0 Å². The highest BCUT2D eigenvalue weighted by Gasteiger charge is 2.44. The van der Waals surface area contributed by atoms with Crippen LogP contribution in [-0.4, -0.2) is 31.7 Å². The molecule has 5 rings (SSSR count). The number of aryl methyl sites for hydroxylation is 1. The molecule has 8 heteroatoms. The number of esters is 1. The average Bonchev–Trinajstić information content (AvgIpc) is 3.28. The quantitative estimate of drug-likeness (QED) is 0.142. The molecule has 0 N–H and O–H groups in total. The van der Waals surface area contributed by atoms with Crippen LogP contribution in [0.15, 0.2) is 69.9 Å². The van der Waals surface area contributed by atoms with Crippen LogP contribution in [0.1, 0.15) is 83.7 Å². The largest absolute Gasteiger partial charge is 0.490 e. The van der Waals surface area contributed by atoms with Gasteiger partial charge in [0.1, 0.15) is 5.58 Å². The highest BCUT2D eigenvalue weighted by molar-refractivity contribution is 6.11. The first kappa shape index (κ1) is 28.9. The molecule has 0 saturated carbocycles. The minimum Gasteiger partial charge on any atom is -0.490 e. The lowest BCUT2D eigenvalue weighted by atomic mass is 9.97. The Bertz CT molecular complexity index is 1670. The second kappa shape index (κ2) is 12.5. The molecule has 0 bridgehead atoms. The molecule has 3 aromatic carbocycles. The molecule has 0 spiro atoms. The van der Waals surface area contributed by atoms with Crippen molar-refractivity contribution in [3.63, 3.8) is 0 Å². The summed E-state index contributed by atoms with van der Waals surface area (Å²) < 4.78 is 23.2. The maximum absolute atomic E-state index is 14.0. The van der Waals surface area contributed by atoms with Crippen LogP contribution in [0, 0.1) is 6.92 Å². The van der Waals surface area contributed by atoms with E-state index in [2.05, 4.69) is 6.92 Å². The van der Waals surface area contributed by atoms with Crippen LogP contribution < -0.4 is 19.8 Å². The van der Waals surface area contributed by atoms with Crippen molar-refractivity contribution in [2.45, 2.75) is 53.0 Å². The van der Waals surface area contributed by atoms with Crippen LogP contribution in [0.5, 0.6) is 11.5 Å². The molecule has 1 aliphatic rings. The van der Waals surface area contributed by atoms with Crippen LogP contribution in [0.3, 0.4) is 0 Å². The molecule has 0 fully saturated rings. The smallest absolute Gasteiger partial charge is 0.338 e. The predicted molar refractivity (Wildman–Crippen MR) is 161 cm³/mol. The molecule has 42 heavy (non-hydrogen) atoms. The second-order valence-corrected chi connectivity index (χ2v) is 10.2. The number of hydrogen-bond acceptors (Lipinski definition) is 7. The van der Waals surface area contributed by atoms with E-state index in [1.165, 1.54) is 4.90 Å². The van der Waals surface area contributed by atoms with Crippen LogP contribution >= 0.6 is 0 Å². The van der Waals surface area contributed by atoms with Gasteiger partial charge in [-0.1, -0.05) is 37.5 Å². The van der Waals surface area contributed by atoms with E-state index in [1.807, 2.05) is 38.1 Å². The highest BCUT2D eigenvalue weighted by Crippen LogP contribution is 2.43. The maximum Gasteiger partial charge on any atom is 0.338 e. The Labute approximate surface area is 244 Å². The molecule has 4 aromatic rings. The lowest BCUT2D eigenvalue weighted by molar-refractivity contribution is 0.0526. The van der Waals surface area contributed by atoms with Crippen LogP contribution in [0.2, 0.25) is 0 Å². The van der Waals surface area contributed by atoms with E-state index in [4.69, 9.17) is 18.6 Å². The number of hydrogen-bond donors (Lipinski definition) is 0. The summed E-state index contributed by atoms with van der Waals surface area (Å²) in [5.74, 6) is 0.231. The van der Waals surface area contributed by atoms with Crippen molar-refractivity contribution in [3.8, 4) is 11.5 Å². The SMILES string of the molecule is CCCCCOc1ccc(C2c3c(oc4ccc(C)cc4c3=O)C(=O)N2c2ccc(C(=O)OCC)cc2)cc1OCC. The van der Waals surface area contributed by atoms with Crippen molar-refractivity contribution in [1.82, 2.24) is 0 Å². The highest BCUT2D eigenvalue weighted by atomic mass is 16.5. The normalized spacial score (nSPS) is 14.2. The first-order valence-corrected chi connectivity index (χ1v) is 14.5. The Morgan fingerprint density at radius 3 is 2.38 bits per heavy atom. The topological polar surface area (TPSA) is 95.3 Å². The Morgan fingerprint density at radius 2 is 1.67 bits per heavy atom.